The van der Waals surface area contributed by atoms with E-state index in [1.54, 1.807) is 6.07 Å². The summed E-state index contributed by atoms with van der Waals surface area (Å²) in [6.45, 7) is 0. The van der Waals surface area contributed by atoms with Crippen LogP contribution in [0.15, 0.2) is 16.6 Å². The summed E-state index contributed by atoms with van der Waals surface area (Å²) in [4.78, 5) is 11.6. The number of amides is 1. The Balaban J connectivity index is 2.26. The number of carbonyl (C=O) groups is 1. The quantitative estimate of drug-likeness (QED) is 0.834. The molecular weight excluding hydrogens is 284 g/mol. The minimum Gasteiger partial charge on any atom is -0.349 e. The largest absolute Gasteiger partial charge is 0.349 e. The molecule has 1 aliphatic rings. The summed E-state index contributed by atoms with van der Waals surface area (Å²) >= 11 is 8.77. The molecule has 1 aliphatic carbocycles. The van der Waals surface area contributed by atoms with Crippen LogP contribution in [-0.2, 0) is 0 Å². The number of benzene rings is 1. The Morgan fingerprint density at radius 3 is 2.80 bits per heavy atom. The SMILES string of the molecule is O=C(NC1CC1)c1ccc(Br)c(Cl)c1F. The standard InChI is InChI=1S/C10H8BrClFNO/c11-7-4-3-6(9(13)8(7)12)10(15)14-5-1-2-5/h3-5H,1-2H2,(H,14,15). The fourth-order valence-corrected chi connectivity index (χ4v) is 1.66. The lowest BCUT2D eigenvalue weighted by atomic mass is 10.2. The molecule has 0 spiro atoms. The molecule has 1 amide bonds. The smallest absolute Gasteiger partial charge is 0.254 e. The molecule has 1 aromatic carbocycles. The van der Waals surface area contributed by atoms with Crippen molar-refractivity contribution in [1.82, 2.24) is 5.32 Å². The average Bonchev–Trinajstić information content (AvgIpc) is 2.98. The van der Waals surface area contributed by atoms with E-state index in [9.17, 15) is 9.18 Å². The zero-order chi connectivity index (χ0) is 11.0. The van der Waals surface area contributed by atoms with Crippen molar-refractivity contribution in [3.63, 3.8) is 0 Å². The Morgan fingerprint density at radius 1 is 1.53 bits per heavy atom. The molecule has 1 aromatic rings. The molecular formula is C10H8BrClFNO. The van der Waals surface area contributed by atoms with Gasteiger partial charge in [0, 0.05) is 10.5 Å². The van der Waals surface area contributed by atoms with Gasteiger partial charge in [0.1, 0.15) is 0 Å². The normalized spacial score (nSPS) is 15.1. The number of hydrogen-bond donors (Lipinski definition) is 1. The second kappa shape index (κ2) is 4.10. The molecule has 1 fully saturated rings. The first kappa shape index (κ1) is 10.9. The fraction of sp³-hybridized carbons (Fsp3) is 0.300. The molecule has 5 heteroatoms. The number of carbonyl (C=O) groups excluding carboxylic acids is 1. The molecule has 0 atom stereocenters. The van der Waals surface area contributed by atoms with Crippen LogP contribution in [-0.4, -0.2) is 11.9 Å². The van der Waals surface area contributed by atoms with E-state index >= 15 is 0 Å². The highest BCUT2D eigenvalue weighted by Gasteiger charge is 2.25. The van der Waals surface area contributed by atoms with Crippen LogP contribution in [0.1, 0.15) is 23.2 Å². The van der Waals surface area contributed by atoms with E-state index in [4.69, 9.17) is 11.6 Å². The number of halogens is 3. The third kappa shape index (κ3) is 2.32. The van der Waals surface area contributed by atoms with E-state index in [0.29, 0.717) is 4.47 Å². The van der Waals surface area contributed by atoms with Crippen molar-refractivity contribution in [2.24, 2.45) is 0 Å². The molecule has 0 saturated heterocycles. The van der Waals surface area contributed by atoms with Crippen LogP contribution in [0.25, 0.3) is 0 Å². The number of hydrogen-bond acceptors (Lipinski definition) is 1. The Labute approximate surface area is 99.9 Å². The average molecular weight is 293 g/mol. The lowest BCUT2D eigenvalue weighted by Gasteiger charge is -2.06. The van der Waals surface area contributed by atoms with Gasteiger partial charge < -0.3 is 5.32 Å². The Bertz CT molecular complexity index is 420. The van der Waals surface area contributed by atoms with Crippen molar-refractivity contribution in [3.05, 3.63) is 33.0 Å². The van der Waals surface area contributed by atoms with Gasteiger partial charge in [-0.15, -0.1) is 0 Å². The first-order chi connectivity index (χ1) is 7.09. The Kier molecular flexibility index (Phi) is 2.98. The highest BCUT2D eigenvalue weighted by Crippen LogP contribution is 2.28. The van der Waals surface area contributed by atoms with Crippen molar-refractivity contribution >= 4 is 33.4 Å². The molecule has 0 radical (unpaired) electrons. The van der Waals surface area contributed by atoms with E-state index < -0.39 is 11.7 Å². The topological polar surface area (TPSA) is 29.1 Å². The van der Waals surface area contributed by atoms with Crippen LogP contribution < -0.4 is 5.32 Å². The monoisotopic (exact) mass is 291 g/mol. The maximum atomic E-state index is 13.6. The summed E-state index contributed by atoms with van der Waals surface area (Å²) in [6.07, 6.45) is 1.94. The van der Waals surface area contributed by atoms with Gasteiger partial charge in [0.25, 0.3) is 5.91 Å². The zero-order valence-corrected chi connectivity index (χ0v) is 10.0. The highest BCUT2D eigenvalue weighted by atomic mass is 79.9. The molecule has 0 bridgehead atoms. The van der Waals surface area contributed by atoms with Crippen LogP contribution in [0.4, 0.5) is 4.39 Å². The van der Waals surface area contributed by atoms with E-state index in [2.05, 4.69) is 21.2 Å². The van der Waals surface area contributed by atoms with E-state index in [1.165, 1.54) is 6.07 Å². The van der Waals surface area contributed by atoms with Crippen molar-refractivity contribution in [3.8, 4) is 0 Å². The second-order valence-corrected chi connectivity index (χ2v) is 4.70. The van der Waals surface area contributed by atoms with Crippen LogP contribution in [0.5, 0.6) is 0 Å². The lowest BCUT2D eigenvalue weighted by molar-refractivity contribution is 0.0947. The third-order valence-corrected chi connectivity index (χ3v) is 3.45. The van der Waals surface area contributed by atoms with Gasteiger partial charge in [-0.2, -0.15) is 0 Å². The van der Waals surface area contributed by atoms with Gasteiger partial charge in [-0.25, -0.2) is 4.39 Å². The Hall–Kier alpha value is -0.610. The van der Waals surface area contributed by atoms with Crippen LogP contribution in [0.3, 0.4) is 0 Å². The first-order valence-corrected chi connectivity index (χ1v) is 5.71. The molecule has 1 saturated carbocycles. The summed E-state index contributed by atoms with van der Waals surface area (Å²) in [7, 11) is 0. The first-order valence-electron chi connectivity index (χ1n) is 4.54. The van der Waals surface area contributed by atoms with Crippen molar-refractivity contribution in [2.75, 3.05) is 0 Å². The highest BCUT2D eigenvalue weighted by molar-refractivity contribution is 9.10. The van der Waals surface area contributed by atoms with Crippen molar-refractivity contribution < 1.29 is 9.18 Å². The van der Waals surface area contributed by atoms with Gasteiger partial charge in [-0.05, 0) is 40.9 Å². The van der Waals surface area contributed by atoms with Crippen LogP contribution in [0, 0.1) is 5.82 Å². The summed E-state index contributed by atoms with van der Waals surface area (Å²) in [5.74, 6) is -1.08. The molecule has 0 aromatic heterocycles. The molecule has 1 N–H and O–H groups in total. The van der Waals surface area contributed by atoms with Gasteiger partial charge in [0.05, 0.1) is 10.6 Å². The summed E-state index contributed by atoms with van der Waals surface area (Å²) < 4.78 is 14.0. The lowest BCUT2D eigenvalue weighted by Crippen LogP contribution is -2.26. The second-order valence-electron chi connectivity index (χ2n) is 3.47. The van der Waals surface area contributed by atoms with E-state index in [0.717, 1.165) is 12.8 Å². The van der Waals surface area contributed by atoms with Gasteiger partial charge in [-0.1, -0.05) is 11.6 Å². The number of rotatable bonds is 2. The van der Waals surface area contributed by atoms with Gasteiger partial charge in [-0.3, -0.25) is 4.79 Å². The molecule has 0 heterocycles. The molecule has 15 heavy (non-hydrogen) atoms. The molecule has 0 aliphatic heterocycles. The summed E-state index contributed by atoms with van der Waals surface area (Å²) in [5.41, 5.74) is -0.00454. The van der Waals surface area contributed by atoms with Crippen LogP contribution in [0.2, 0.25) is 5.02 Å². The van der Waals surface area contributed by atoms with Crippen molar-refractivity contribution in [2.45, 2.75) is 18.9 Å². The van der Waals surface area contributed by atoms with Crippen molar-refractivity contribution in [1.29, 1.82) is 0 Å². The van der Waals surface area contributed by atoms with E-state index in [-0.39, 0.29) is 16.6 Å². The Morgan fingerprint density at radius 2 is 2.20 bits per heavy atom. The molecule has 80 valence electrons. The maximum absolute atomic E-state index is 13.6. The zero-order valence-electron chi connectivity index (χ0n) is 7.69. The fourth-order valence-electron chi connectivity index (χ4n) is 1.19. The molecule has 0 unspecified atom stereocenters. The minimum absolute atomic E-state index is 0.00454. The van der Waals surface area contributed by atoms with Gasteiger partial charge in [0.2, 0.25) is 0 Å². The predicted octanol–water partition coefficient (Wildman–Crippen LogP) is 3.13. The summed E-state index contributed by atoms with van der Waals surface area (Å²) in [5, 5.41) is 2.65. The molecule has 2 rings (SSSR count). The minimum atomic E-state index is -0.677. The predicted molar refractivity (Wildman–Crippen MR) is 59.6 cm³/mol. The summed E-state index contributed by atoms with van der Waals surface area (Å²) in [6, 6.07) is 3.19. The van der Waals surface area contributed by atoms with Gasteiger partial charge in [0.15, 0.2) is 5.82 Å². The molecule has 2 nitrogen and oxygen atoms in total. The van der Waals surface area contributed by atoms with Gasteiger partial charge >= 0.3 is 0 Å². The maximum Gasteiger partial charge on any atom is 0.254 e. The third-order valence-electron chi connectivity index (χ3n) is 2.19. The van der Waals surface area contributed by atoms with E-state index in [1.807, 2.05) is 0 Å². The van der Waals surface area contributed by atoms with Crippen LogP contribution >= 0.6 is 27.5 Å². The number of nitrogens with one attached hydrogen (secondary N) is 1.